The largest absolute Gasteiger partial charge is 0.306 e. The van der Waals surface area contributed by atoms with Crippen molar-refractivity contribution in [1.29, 1.82) is 0 Å². The third-order valence-electron chi connectivity index (χ3n) is 3.52. The highest BCUT2D eigenvalue weighted by atomic mass is 32.2. The van der Waals surface area contributed by atoms with Gasteiger partial charge in [-0.05, 0) is 26.1 Å². The fourth-order valence-electron chi connectivity index (χ4n) is 2.08. The van der Waals surface area contributed by atoms with Crippen LogP contribution in [0.25, 0.3) is 0 Å². The molecule has 5 heteroatoms. The quantitative estimate of drug-likeness (QED) is 0.672. The maximum atomic E-state index is 11.8. The molecular weight excluding hydrogens is 282 g/mol. The van der Waals surface area contributed by atoms with E-state index in [1.165, 1.54) is 10.5 Å². The van der Waals surface area contributed by atoms with Gasteiger partial charge in [-0.3, -0.25) is 4.79 Å². The number of hydrazone groups is 1. The number of nitrogens with zero attached hydrogens (tertiary/aromatic N) is 2. The number of benzene rings is 1. The van der Waals surface area contributed by atoms with E-state index in [0.717, 1.165) is 37.4 Å². The van der Waals surface area contributed by atoms with E-state index in [2.05, 4.69) is 53.7 Å². The summed E-state index contributed by atoms with van der Waals surface area (Å²) in [6, 6.07) is 8.37. The standard InChI is InChI=1S/C16H23N3OS/c1-13-3-5-15(6-4-13)21-12-9-16(20)18-17-14-7-10-19(2)11-8-14/h3-6H,7-12H2,1-2H3,(H,18,20). The number of rotatable bonds is 5. The van der Waals surface area contributed by atoms with Crippen molar-refractivity contribution in [3.8, 4) is 0 Å². The maximum Gasteiger partial charge on any atom is 0.240 e. The summed E-state index contributed by atoms with van der Waals surface area (Å²) in [5.74, 6) is 0.781. The van der Waals surface area contributed by atoms with Gasteiger partial charge in [0.05, 0.1) is 0 Å². The van der Waals surface area contributed by atoms with Crippen LogP contribution in [-0.4, -0.2) is 42.4 Å². The molecule has 114 valence electrons. The lowest BCUT2D eigenvalue weighted by Gasteiger charge is -2.22. The molecule has 0 radical (unpaired) electrons. The Labute approximate surface area is 131 Å². The van der Waals surface area contributed by atoms with Crippen molar-refractivity contribution < 1.29 is 4.79 Å². The fourth-order valence-corrected chi connectivity index (χ4v) is 2.93. The summed E-state index contributed by atoms with van der Waals surface area (Å²) in [6.45, 7) is 4.13. The second kappa shape index (κ2) is 8.20. The molecule has 1 aliphatic rings. The van der Waals surface area contributed by atoms with Crippen molar-refractivity contribution in [3.05, 3.63) is 29.8 Å². The predicted octanol–water partition coefficient (Wildman–Crippen LogP) is 2.68. The van der Waals surface area contributed by atoms with Gasteiger partial charge in [0, 0.05) is 48.7 Å². The SMILES string of the molecule is Cc1ccc(SCCC(=O)NN=C2CCN(C)CC2)cc1. The Kier molecular flexibility index (Phi) is 6.26. The van der Waals surface area contributed by atoms with Crippen LogP contribution < -0.4 is 5.43 Å². The number of nitrogens with one attached hydrogen (secondary N) is 1. The minimum atomic E-state index is 0.000963. The van der Waals surface area contributed by atoms with Crippen molar-refractivity contribution in [2.24, 2.45) is 5.10 Å². The van der Waals surface area contributed by atoms with Gasteiger partial charge in [0.15, 0.2) is 0 Å². The molecule has 0 aromatic heterocycles. The van der Waals surface area contributed by atoms with E-state index in [-0.39, 0.29) is 5.91 Å². The van der Waals surface area contributed by atoms with Crippen LogP contribution in [0.5, 0.6) is 0 Å². The van der Waals surface area contributed by atoms with E-state index in [0.29, 0.717) is 6.42 Å². The molecule has 21 heavy (non-hydrogen) atoms. The molecule has 0 saturated carbocycles. The normalized spacial score (nSPS) is 15.8. The van der Waals surface area contributed by atoms with Gasteiger partial charge in [0.2, 0.25) is 5.91 Å². The van der Waals surface area contributed by atoms with Crippen LogP contribution >= 0.6 is 11.8 Å². The van der Waals surface area contributed by atoms with Gasteiger partial charge in [-0.25, -0.2) is 5.43 Å². The zero-order valence-electron chi connectivity index (χ0n) is 12.8. The molecular formula is C16H23N3OS. The van der Waals surface area contributed by atoms with Crippen LogP contribution in [0.1, 0.15) is 24.8 Å². The van der Waals surface area contributed by atoms with Crippen LogP contribution in [0.2, 0.25) is 0 Å². The molecule has 1 aliphatic heterocycles. The first-order chi connectivity index (χ1) is 10.1. The molecule has 1 saturated heterocycles. The molecule has 1 fully saturated rings. The lowest BCUT2D eigenvalue weighted by atomic mass is 10.1. The third-order valence-corrected chi connectivity index (χ3v) is 4.54. The fraction of sp³-hybridized carbons (Fsp3) is 0.500. The predicted molar refractivity (Wildman–Crippen MR) is 88.8 cm³/mol. The summed E-state index contributed by atoms with van der Waals surface area (Å²) >= 11 is 1.70. The van der Waals surface area contributed by atoms with E-state index in [4.69, 9.17) is 0 Å². The first-order valence-electron chi connectivity index (χ1n) is 7.36. The zero-order chi connectivity index (χ0) is 15.1. The maximum absolute atomic E-state index is 11.8. The Morgan fingerprint density at radius 1 is 1.29 bits per heavy atom. The number of carbonyl (C=O) groups is 1. The van der Waals surface area contributed by atoms with Crippen LogP contribution in [0.4, 0.5) is 0 Å². The van der Waals surface area contributed by atoms with E-state index < -0.39 is 0 Å². The number of carbonyl (C=O) groups excluding carboxylic acids is 1. The minimum Gasteiger partial charge on any atom is -0.306 e. The molecule has 1 aromatic carbocycles. The van der Waals surface area contributed by atoms with Gasteiger partial charge in [0.25, 0.3) is 0 Å². The van der Waals surface area contributed by atoms with Crippen LogP contribution in [0, 0.1) is 6.92 Å². The molecule has 4 nitrogen and oxygen atoms in total. The van der Waals surface area contributed by atoms with Gasteiger partial charge >= 0.3 is 0 Å². The van der Waals surface area contributed by atoms with Crippen molar-refractivity contribution in [1.82, 2.24) is 10.3 Å². The summed E-state index contributed by atoms with van der Waals surface area (Å²) in [5.41, 5.74) is 5.04. The van der Waals surface area contributed by atoms with E-state index in [9.17, 15) is 4.79 Å². The van der Waals surface area contributed by atoms with Gasteiger partial charge in [-0.15, -0.1) is 11.8 Å². The Balaban J connectivity index is 1.65. The number of piperidine rings is 1. The summed E-state index contributed by atoms with van der Waals surface area (Å²) in [5, 5.41) is 4.24. The van der Waals surface area contributed by atoms with Gasteiger partial charge < -0.3 is 4.90 Å². The molecule has 1 amide bonds. The molecule has 0 spiro atoms. The molecule has 0 bridgehead atoms. The Morgan fingerprint density at radius 2 is 1.95 bits per heavy atom. The number of amides is 1. The van der Waals surface area contributed by atoms with E-state index >= 15 is 0 Å². The van der Waals surface area contributed by atoms with Crippen molar-refractivity contribution in [2.75, 3.05) is 25.9 Å². The molecule has 0 atom stereocenters. The topological polar surface area (TPSA) is 44.7 Å². The van der Waals surface area contributed by atoms with E-state index in [1.54, 1.807) is 11.8 Å². The molecule has 0 aliphatic carbocycles. The second-order valence-electron chi connectivity index (χ2n) is 5.43. The average Bonchev–Trinajstić information content (AvgIpc) is 2.49. The summed E-state index contributed by atoms with van der Waals surface area (Å²) in [7, 11) is 2.11. The zero-order valence-corrected chi connectivity index (χ0v) is 13.6. The molecule has 2 rings (SSSR count). The second-order valence-corrected chi connectivity index (χ2v) is 6.60. The first kappa shape index (κ1) is 16.0. The van der Waals surface area contributed by atoms with Crippen molar-refractivity contribution in [3.63, 3.8) is 0 Å². The van der Waals surface area contributed by atoms with Gasteiger partial charge in [0.1, 0.15) is 0 Å². The van der Waals surface area contributed by atoms with Crippen LogP contribution in [0.15, 0.2) is 34.3 Å². The third kappa shape index (κ3) is 5.89. The molecule has 0 unspecified atom stereocenters. The number of likely N-dealkylation sites (tertiary alicyclic amines) is 1. The van der Waals surface area contributed by atoms with E-state index in [1.807, 2.05) is 0 Å². The number of aryl methyl sites for hydroxylation is 1. The average molecular weight is 305 g/mol. The van der Waals surface area contributed by atoms with Gasteiger partial charge in [-0.2, -0.15) is 5.10 Å². The van der Waals surface area contributed by atoms with Crippen LogP contribution in [-0.2, 0) is 4.79 Å². The molecule has 1 N–H and O–H groups in total. The summed E-state index contributed by atoms with van der Waals surface area (Å²) in [4.78, 5) is 15.2. The Bertz CT molecular complexity index is 489. The highest BCUT2D eigenvalue weighted by Crippen LogP contribution is 2.18. The van der Waals surface area contributed by atoms with Gasteiger partial charge in [-0.1, -0.05) is 17.7 Å². The lowest BCUT2D eigenvalue weighted by molar-refractivity contribution is -0.120. The lowest BCUT2D eigenvalue weighted by Crippen LogP contribution is -2.32. The number of hydrogen-bond acceptors (Lipinski definition) is 4. The monoisotopic (exact) mass is 305 g/mol. The van der Waals surface area contributed by atoms with Crippen molar-refractivity contribution >= 4 is 23.4 Å². The summed E-state index contributed by atoms with van der Waals surface area (Å²) in [6.07, 6.45) is 2.40. The number of hydrogen-bond donors (Lipinski definition) is 1. The highest BCUT2D eigenvalue weighted by Gasteiger charge is 2.11. The summed E-state index contributed by atoms with van der Waals surface area (Å²) < 4.78 is 0. The van der Waals surface area contributed by atoms with Crippen LogP contribution in [0.3, 0.4) is 0 Å². The highest BCUT2D eigenvalue weighted by molar-refractivity contribution is 7.99. The Morgan fingerprint density at radius 3 is 2.62 bits per heavy atom. The number of thioether (sulfide) groups is 1. The Hall–Kier alpha value is -1.33. The first-order valence-corrected chi connectivity index (χ1v) is 8.34. The molecule has 1 aromatic rings. The smallest absolute Gasteiger partial charge is 0.240 e. The molecule has 1 heterocycles. The van der Waals surface area contributed by atoms with Crippen molar-refractivity contribution in [2.45, 2.75) is 31.1 Å². The minimum absolute atomic E-state index is 0.000963.